The van der Waals surface area contributed by atoms with E-state index in [0.29, 0.717) is 22.4 Å². The zero-order chi connectivity index (χ0) is 26.9. The molecule has 1 N–H and O–H groups in total. The quantitative estimate of drug-likeness (QED) is 0.251. The Morgan fingerprint density at radius 3 is 2.27 bits per heavy atom. The molecule has 6 nitrogen and oxygen atoms in total. The number of methoxy groups -OCH3 is 1. The van der Waals surface area contributed by atoms with Crippen LogP contribution in [0.5, 0.6) is 5.75 Å². The monoisotopic (exact) mass is 506 g/mol. The van der Waals surface area contributed by atoms with Crippen molar-refractivity contribution in [2.24, 2.45) is 0 Å². The van der Waals surface area contributed by atoms with Crippen LogP contribution in [-0.4, -0.2) is 37.0 Å². The predicted molar refractivity (Wildman–Crippen MR) is 139 cm³/mol. The van der Waals surface area contributed by atoms with Crippen molar-refractivity contribution in [1.29, 1.82) is 0 Å². The molecule has 1 fully saturated rings. The molecule has 4 rings (SSSR count). The minimum Gasteiger partial charge on any atom is -0.507 e. The van der Waals surface area contributed by atoms with Gasteiger partial charge in [0, 0.05) is 30.4 Å². The van der Waals surface area contributed by atoms with E-state index in [1.54, 1.807) is 37.3 Å². The summed E-state index contributed by atoms with van der Waals surface area (Å²) in [5.74, 6) is -3.53. The number of aryl methyl sites for hydroxylation is 1. The molecule has 0 bridgehead atoms. The average molecular weight is 507 g/mol. The summed E-state index contributed by atoms with van der Waals surface area (Å²) in [6.07, 6.45) is 0. The third-order valence-corrected chi connectivity index (χ3v) is 6.64. The molecular weight excluding hydrogens is 478 g/mol. The molecule has 1 unspecified atom stereocenters. The number of anilines is 2. The van der Waals surface area contributed by atoms with Gasteiger partial charge in [-0.3, -0.25) is 14.5 Å². The summed E-state index contributed by atoms with van der Waals surface area (Å²) >= 11 is 0. The smallest absolute Gasteiger partial charge is 0.300 e. The summed E-state index contributed by atoms with van der Waals surface area (Å²) in [5.41, 5.74) is 1.72. The highest BCUT2D eigenvalue weighted by Crippen LogP contribution is 2.44. The first-order chi connectivity index (χ1) is 17.7. The number of aliphatic hydroxyl groups excluding tert-OH is 1. The minimum atomic E-state index is -1.18. The van der Waals surface area contributed by atoms with Crippen molar-refractivity contribution in [2.45, 2.75) is 26.8 Å². The number of carbonyl (C=O) groups excluding carboxylic acids is 2. The Morgan fingerprint density at radius 2 is 1.68 bits per heavy atom. The summed E-state index contributed by atoms with van der Waals surface area (Å²) in [4.78, 5) is 29.6. The Bertz CT molecular complexity index is 1380. The third-order valence-electron chi connectivity index (χ3n) is 6.64. The van der Waals surface area contributed by atoms with Gasteiger partial charge in [-0.05, 0) is 74.4 Å². The molecule has 1 heterocycles. The van der Waals surface area contributed by atoms with E-state index in [4.69, 9.17) is 4.74 Å². The van der Waals surface area contributed by atoms with E-state index in [9.17, 15) is 23.5 Å². The van der Waals surface area contributed by atoms with Crippen molar-refractivity contribution < 1.29 is 28.2 Å². The molecule has 1 amide bonds. The SMILES string of the molecule is CCN(CC)c1ccc(C2/C(=C(/O)c3ccc(OC)cc3C)C(=O)C(=O)N2c2cc(F)ccc2F)cc1. The van der Waals surface area contributed by atoms with Crippen molar-refractivity contribution in [2.75, 3.05) is 30.0 Å². The van der Waals surface area contributed by atoms with Crippen LogP contribution in [-0.2, 0) is 9.59 Å². The van der Waals surface area contributed by atoms with Gasteiger partial charge in [0.15, 0.2) is 0 Å². The molecule has 3 aromatic carbocycles. The van der Waals surface area contributed by atoms with Crippen molar-refractivity contribution in [1.82, 2.24) is 0 Å². The Labute approximate surface area is 214 Å². The first kappa shape index (κ1) is 25.9. The lowest BCUT2D eigenvalue weighted by Crippen LogP contribution is -2.30. The zero-order valence-corrected chi connectivity index (χ0v) is 21.1. The lowest BCUT2D eigenvalue weighted by Gasteiger charge is -2.27. The van der Waals surface area contributed by atoms with E-state index >= 15 is 0 Å². The van der Waals surface area contributed by atoms with Crippen LogP contribution >= 0.6 is 0 Å². The van der Waals surface area contributed by atoms with Crippen LogP contribution in [0.15, 0.2) is 66.2 Å². The van der Waals surface area contributed by atoms with Gasteiger partial charge in [-0.25, -0.2) is 8.78 Å². The van der Waals surface area contributed by atoms with E-state index in [-0.39, 0.29) is 11.3 Å². The van der Waals surface area contributed by atoms with Crippen LogP contribution in [0.3, 0.4) is 0 Å². The third kappa shape index (κ3) is 4.67. The number of ether oxygens (including phenoxy) is 1. The van der Waals surface area contributed by atoms with Gasteiger partial charge in [-0.2, -0.15) is 0 Å². The molecule has 0 radical (unpaired) electrons. The Hall–Kier alpha value is -4.20. The molecule has 0 spiro atoms. The maximum absolute atomic E-state index is 14.9. The number of ketones is 1. The van der Waals surface area contributed by atoms with Crippen molar-refractivity contribution in [3.63, 3.8) is 0 Å². The van der Waals surface area contributed by atoms with Crippen LogP contribution in [0, 0.1) is 18.6 Å². The number of aliphatic hydroxyl groups is 1. The fourth-order valence-electron chi connectivity index (χ4n) is 4.70. The number of Topliss-reactive ketones (excluding diaryl/α,β-unsaturated/α-hetero) is 1. The molecule has 1 aliphatic heterocycles. The molecule has 192 valence electrons. The van der Waals surface area contributed by atoms with Gasteiger partial charge in [-0.1, -0.05) is 12.1 Å². The van der Waals surface area contributed by atoms with Gasteiger partial charge < -0.3 is 14.7 Å². The first-order valence-corrected chi connectivity index (χ1v) is 12.0. The number of benzene rings is 3. The molecule has 1 aliphatic rings. The topological polar surface area (TPSA) is 70.1 Å². The van der Waals surface area contributed by atoms with E-state index < -0.39 is 35.1 Å². The van der Waals surface area contributed by atoms with Gasteiger partial charge >= 0.3 is 0 Å². The average Bonchev–Trinajstić information content (AvgIpc) is 3.16. The number of hydrogen-bond donors (Lipinski definition) is 1. The number of nitrogens with zero attached hydrogens (tertiary/aromatic N) is 2. The second kappa shape index (κ2) is 10.4. The minimum absolute atomic E-state index is 0.211. The molecule has 0 aromatic heterocycles. The number of rotatable bonds is 7. The maximum atomic E-state index is 14.9. The van der Waals surface area contributed by atoms with Crippen LogP contribution < -0.4 is 14.5 Å². The number of carbonyl (C=O) groups is 2. The van der Waals surface area contributed by atoms with Crippen LogP contribution in [0.25, 0.3) is 5.76 Å². The van der Waals surface area contributed by atoms with Crippen molar-refractivity contribution in [3.8, 4) is 5.75 Å². The summed E-state index contributed by atoms with van der Waals surface area (Å²) in [6.45, 7) is 7.33. The van der Waals surface area contributed by atoms with Crippen LogP contribution in [0.4, 0.5) is 20.2 Å². The molecule has 3 aromatic rings. The lowest BCUT2D eigenvalue weighted by atomic mass is 9.93. The fourth-order valence-corrected chi connectivity index (χ4v) is 4.70. The van der Waals surface area contributed by atoms with Crippen molar-refractivity contribution in [3.05, 3.63) is 94.6 Å². The molecular formula is C29H28F2N2O4. The number of hydrogen-bond acceptors (Lipinski definition) is 5. The standard InChI is InChI=1S/C29H28F2N2O4/c1-5-32(6-2)20-10-7-18(8-11-20)26-25(27(34)22-13-12-21(37-4)15-17(22)3)28(35)29(36)33(26)24-16-19(30)9-14-23(24)31/h7-16,26,34H,5-6H2,1-4H3/b27-25-. The fraction of sp³-hybridized carbons (Fsp3) is 0.241. The number of halogens is 2. The normalized spacial score (nSPS) is 16.8. The molecule has 0 aliphatic carbocycles. The highest BCUT2D eigenvalue weighted by atomic mass is 19.1. The summed E-state index contributed by atoms with van der Waals surface area (Å²) < 4.78 is 34.3. The summed E-state index contributed by atoms with van der Waals surface area (Å²) in [6, 6.07) is 13.5. The van der Waals surface area contributed by atoms with Gasteiger partial charge in [0.25, 0.3) is 11.7 Å². The van der Waals surface area contributed by atoms with Crippen LogP contribution in [0.2, 0.25) is 0 Å². The second-order valence-corrected chi connectivity index (χ2v) is 8.71. The Morgan fingerprint density at radius 1 is 1.00 bits per heavy atom. The van der Waals surface area contributed by atoms with Gasteiger partial charge in [0.1, 0.15) is 23.1 Å². The van der Waals surface area contributed by atoms with Gasteiger partial charge in [-0.15, -0.1) is 0 Å². The highest BCUT2D eigenvalue weighted by Gasteiger charge is 2.48. The maximum Gasteiger partial charge on any atom is 0.300 e. The lowest BCUT2D eigenvalue weighted by molar-refractivity contribution is -0.132. The van der Waals surface area contributed by atoms with E-state index in [2.05, 4.69) is 4.90 Å². The molecule has 8 heteroatoms. The van der Waals surface area contributed by atoms with E-state index in [1.807, 2.05) is 26.0 Å². The van der Waals surface area contributed by atoms with Crippen molar-refractivity contribution >= 4 is 28.8 Å². The van der Waals surface area contributed by atoms with Crippen LogP contribution in [0.1, 0.15) is 36.6 Å². The first-order valence-electron chi connectivity index (χ1n) is 12.0. The molecule has 1 atom stereocenters. The largest absolute Gasteiger partial charge is 0.507 e. The number of amides is 1. The van der Waals surface area contributed by atoms with Gasteiger partial charge in [0.2, 0.25) is 0 Å². The highest BCUT2D eigenvalue weighted by molar-refractivity contribution is 6.51. The summed E-state index contributed by atoms with van der Waals surface area (Å²) in [7, 11) is 1.51. The Balaban J connectivity index is 1.95. The molecule has 1 saturated heterocycles. The Kier molecular flexibility index (Phi) is 7.29. The van der Waals surface area contributed by atoms with Gasteiger partial charge in [0.05, 0.1) is 24.4 Å². The van der Waals surface area contributed by atoms with E-state index in [1.165, 1.54) is 7.11 Å². The zero-order valence-electron chi connectivity index (χ0n) is 21.1. The molecule has 37 heavy (non-hydrogen) atoms. The van der Waals surface area contributed by atoms with E-state index in [0.717, 1.165) is 41.9 Å². The molecule has 0 saturated carbocycles. The predicted octanol–water partition coefficient (Wildman–Crippen LogP) is 5.75. The second-order valence-electron chi connectivity index (χ2n) is 8.71. The summed E-state index contributed by atoms with van der Waals surface area (Å²) in [5, 5.41) is 11.4.